The minimum absolute atomic E-state index is 0.0418. The highest BCUT2D eigenvalue weighted by molar-refractivity contribution is 14.1. The number of carbonyl (C=O) groups is 2. The molecule has 0 aromatic heterocycles. The predicted octanol–water partition coefficient (Wildman–Crippen LogP) is 3.20. The molecule has 0 bridgehead atoms. The van der Waals surface area contributed by atoms with Gasteiger partial charge in [0, 0.05) is 35.3 Å². The van der Waals surface area contributed by atoms with Crippen LogP contribution in [0.25, 0.3) is 0 Å². The van der Waals surface area contributed by atoms with Crippen molar-refractivity contribution in [3.63, 3.8) is 0 Å². The van der Waals surface area contributed by atoms with E-state index in [2.05, 4.69) is 22.6 Å². The summed E-state index contributed by atoms with van der Waals surface area (Å²) in [6, 6.07) is 15.2. The molecule has 0 saturated carbocycles. The van der Waals surface area contributed by atoms with E-state index in [9.17, 15) is 9.59 Å². The third kappa shape index (κ3) is 3.61. The SMILES string of the molecule is Cc1cccc(C(=O)N2CCN(C(=O)c3ccccc3I)CC2)c1. The topological polar surface area (TPSA) is 40.6 Å². The highest BCUT2D eigenvalue weighted by Gasteiger charge is 2.26. The lowest BCUT2D eigenvalue weighted by Gasteiger charge is -2.35. The fraction of sp³-hybridized carbons (Fsp3) is 0.263. The molecule has 1 saturated heterocycles. The van der Waals surface area contributed by atoms with Crippen molar-refractivity contribution in [2.24, 2.45) is 0 Å². The zero-order valence-electron chi connectivity index (χ0n) is 13.5. The summed E-state index contributed by atoms with van der Waals surface area (Å²) in [7, 11) is 0. The van der Waals surface area contributed by atoms with Crippen LogP contribution in [0, 0.1) is 10.5 Å². The summed E-state index contributed by atoms with van der Waals surface area (Å²) in [5.41, 5.74) is 2.53. The number of hydrogen-bond donors (Lipinski definition) is 0. The molecule has 5 heteroatoms. The molecule has 24 heavy (non-hydrogen) atoms. The molecule has 2 aromatic carbocycles. The van der Waals surface area contributed by atoms with Crippen LogP contribution in [0.3, 0.4) is 0 Å². The molecule has 0 radical (unpaired) electrons. The molecule has 1 aliphatic rings. The first kappa shape index (κ1) is 17.0. The zero-order chi connectivity index (χ0) is 17.1. The van der Waals surface area contributed by atoms with E-state index in [1.807, 2.05) is 65.3 Å². The van der Waals surface area contributed by atoms with Crippen molar-refractivity contribution in [3.8, 4) is 0 Å². The van der Waals surface area contributed by atoms with Crippen LogP contribution in [-0.4, -0.2) is 47.8 Å². The van der Waals surface area contributed by atoms with E-state index in [4.69, 9.17) is 0 Å². The maximum absolute atomic E-state index is 12.6. The van der Waals surface area contributed by atoms with Crippen molar-refractivity contribution >= 4 is 34.4 Å². The molecular weight excluding hydrogens is 415 g/mol. The van der Waals surface area contributed by atoms with Crippen LogP contribution in [0.1, 0.15) is 26.3 Å². The molecular formula is C19H19IN2O2. The van der Waals surface area contributed by atoms with Crippen LogP contribution in [0.5, 0.6) is 0 Å². The highest BCUT2D eigenvalue weighted by atomic mass is 127. The second kappa shape index (κ2) is 7.34. The van der Waals surface area contributed by atoms with Gasteiger partial charge in [-0.05, 0) is 53.8 Å². The Bertz CT molecular complexity index is 767. The van der Waals surface area contributed by atoms with Crippen molar-refractivity contribution in [3.05, 3.63) is 68.8 Å². The number of amides is 2. The number of aryl methyl sites for hydroxylation is 1. The van der Waals surface area contributed by atoms with Crippen molar-refractivity contribution in [2.75, 3.05) is 26.2 Å². The second-order valence-corrected chi connectivity index (χ2v) is 7.10. The molecule has 2 aromatic rings. The van der Waals surface area contributed by atoms with E-state index in [-0.39, 0.29) is 11.8 Å². The normalized spacial score (nSPS) is 14.6. The van der Waals surface area contributed by atoms with Crippen LogP contribution in [0.15, 0.2) is 48.5 Å². The van der Waals surface area contributed by atoms with E-state index in [0.717, 1.165) is 14.7 Å². The Balaban J connectivity index is 1.65. The van der Waals surface area contributed by atoms with Crippen LogP contribution in [0.2, 0.25) is 0 Å². The van der Waals surface area contributed by atoms with Gasteiger partial charge in [0.1, 0.15) is 0 Å². The van der Waals surface area contributed by atoms with Gasteiger partial charge in [-0.2, -0.15) is 0 Å². The smallest absolute Gasteiger partial charge is 0.255 e. The van der Waals surface area contributed by atoms with Crippen LogP contribution >= 0.6 is 22.6 Å². The summed E-state index contributed by atoms with van der Waals surface area (Å²) in [5.74, 6) is 0.0859. The van der Waals surface area contributed by atoms with Gasteiger partial charge < -0.3 is 9.80 Å². The Morgan fingerprint density at radius 3 is 2.12 bits per heavy atom. The molecule has 0 atom stereocenters. The predicted molar refractivity (Wildman–Crippen MR) is 102 cm³/mol. The lowest BCUT2D eigenvalue weighted by Crippen LogP contribution is -2.50. The Hall–Kier alpha value is -1.89. The maximum Gasteiger partial charge on any atom is 0.255 e. The van der Waals surface area contributed by atoms with Crippen molar-refractivity contribution in [1.29, 1.82) is 0 Å². The van der Waals surface area contributed by atoms with E-state index in [1.165, 1.54) is 0 Å². The molecule has 1 fully saturated rings. The van der Waals surface area contributed by atoms with Gasteiger partial charge in [-0.3, -0.25) is 9.59 Å². The average Bonchev–Trinajstić information content (AvgIpc) is 2.61. The number of rotatable bonds is 2. The minimum Gasteiger partial charge on any atom is -0.335 e. The number of carbonyl (C=O) groups excluding carboxylic acids is 2. The Kier molecular flexibility index (Phi) is 5.18. The van der Waals surface area contributed by atoms with Crippen molar-refractivity contribution < 1.29 is 9.59 Å². The van der Waals surface area contributed by atoms with Gasteiger partial charge in [0.05, 0.1) is 5.56 Å². The standard InChI is InChI=1S/C19H19IN2O2/c1-14-5-4-6-15(13-14)18(23)21-9-11-22(12-10-21)19(24)16-7-2-3-8-17(16)20/h2-8,13H,9-12H2,1H3. The lowest BCUT2D eigenvalue weighted by atomic mass is 10.1. The quantitative estimate of drug-likeness (QED) is 0.682. The lowest BCUT2D eigenvalue weighted by molar-refractivity contribution is 0.0535. The van der Waals surface area contributed by atoms with Crippen LogP contribution in [-0.2, 0) is 0 Å². The molecule has 1 aliphatic heterocycles. The van der Waals surface area contributed by atoms with Crippen LogP contribution in [0.4, 0.5) is 0 Å². The molecule has 0 unspecified atom stereocenters. The number of nitrogens with zero attached hydrogens (tertiary/aromatic N) is 2. The summed E-state index contributed by atoms with van der Waals surface area (Å²) in [6.07, 6.45) is 0. The monoisotopic (exact) mass is 434 g/mol. The van der Waals surface area contributed by atoms with E-state index in [1.54, 1.807) is 0 Å². The van der Waals surface area contributed by atoms with Gasteiger partial charge in [-0.1, -0.05) is 29.8 Å². The number of hydrogen-bond acceptors (Lipinski definition) is 2. The summed E-state index contributed by atoms with van der Waals surface area (Å²) in [6.45, 7) is 4.27. The van der Waals surface area contributed by atoms with E-state index < -0.39 is 0 Å². The number of piperazine rings is 1. The molecule has 1 heterocycles. The summed E-state index contributed by atoms with van der Waals surface area (Å²) in [4.78, 5) is 28.9. The minimum atomic E-state index is 0.0418. The van der Waals surface area contributed by atoms with E-state index >= 15 is 0 Å². The van der Waals surface area contributed by atoms with E-state index in [0.29, 0.717) is 31.7 Å². The van der Waals surface area contributed by atoms with Crippen molar-refractivity contribution in [2.45, 2.75) is 6.92 Å². The Morgan fingerprint density at radius 2 is 1.50 bits per heavy atom. The summed E-state index contributed by atoms with van der Waals surface area (Å²) in [5, 5.41) is 0. The molecule has 2 amide bonds. The molecule has 0 aliphatic carbocycles. The first-order valence-corrected chi connectivity index (χ1v) is 9.04. The van der Waals surface area contributed by atoms with Gasteiger partial charge in [0.2, 0.25) is 0 Å². The van der Waals surface area contributed by atoms with Crippen molar-refractivity contribution in [1.82, 2.24) is 9.80 Å². The summed E-state index contributed by atoms with van der Waals surface area (Å²) >= 11 is 2.19. The van der Waals surface area contributed by atoms with Gasteiger partial charge in [0.15, 0.2) is 0 Å². The fourth-order valence-corrected chi connectivity index (χ4v) is 3.50. The number of benzene rings is 2. The average molecular weight is 434 g/mol. The first-order chi connectivity index (χ1) is 11.6. The Labute approximate surface area is 155 Å². The fourth-order valence-electron chi connectivity index (χ4n) is 2.88. The highest BCUT2D eigenvalue weighted by Crippen LogP contribution is 2.16. The molecule has 124 valence electrons. The maximum atomic E-state index is 12.6. The first-order valence-electron chi connectivity index (χ1n) is 7.96. The third-order valence-electron chi connectivity index (χ3n) is 4.22. The Morgan fingerprint density at radius 1 is 0.875 bits per heavy atom. The zero-order valence-corrected chi connectivity index (χ0v) is 15.7. The van der Waals surface area contributed by atoms with Gasteiger partial charge in [-0.15, -0.1) is 0 Å². The largest absolute Gasteiger partial charge is 0.335 e. The van der Waals surface area contributed by atoms with Crippen LogP contribution < -0.4 is 0 Å². The molecule has 4 nitrogen and oxygen atoms in total. The second-order valence-electron chi connectivity index (χ2n) is 5.93. The van der Waals surface area contributed by atoms with Gasteiger partial charge in [0.25, 0.3) is 11.8 Å². The number of halogens is 1. The van der Waals surface area contributed by atoms with Gasteiger partial charge >= 0.3 is 0 Å². The van der Waals surface area contributed by atoms with Gasteiger partial charge in [-0.25, -0.2) is 0 Å². The molecule has 0 N–H and O–H groups in total. The molecule has 3 rings (SSSR count). The summed E-state index contributed by atoms with van der Waals surface area (Å²) < 4.78 is 0.957. The third-order valence-corrected chi connectivity index (χ3v) is 5.16. The molecule has 0 spiro atoms.